The Labute approximate surface area is 149 Å². The predicted molar refractivity (Wildman–Crippen MR) is 104 cm³/mol. The summed E-state index contributed by atoms with van der Waals surface area (Å²) >= 11 is 0. The van der Waals surface area contributed by atoms with Crippen molar-refractivity contribution in [1.29, 1.82) is 0 Å². The van der Waals surface area contributed by atoms with Crippen LogP contribution in [0.3, 0.4) is 0 Å². The molecule has 3 heteroatoms. The normalized spacial score (nSPS) is 28.8. The molecule has 25 heavy (non-hydrogen) atoms. The fourth-order valence-electron chi connectivity index (χ4n) is 4.97. The van der Waals surface area contributed by atoms with Crippen LogP contribution >= 0.6 is 0 Å². The molecule has 0 radical (unpaired) electrons. The molecule has 130 valence electrons. The van der Waals surface area contributed by atoms with Crippen LogP contribution in [0.1, 0.15) is 44.9 Å². The molecule has 0 aliphatic heterocycles. The maximum Gasteiger partial charge on any atom is 0.125 e. The van der Waals surface area contributed by atoms with Gasteiger partial charge in [0.05, 0.1) is 6.04 Å². The summed E-state index contributed by atoms with van der Waals surface area (Å²) in [6.07, 6.45) is 7.84. The van der Waals surface area contributed by atoms with Crippen LogP contribution in [0.25, 0.3) is 11.1 Å². The number of para-hydroxylation sites is 1. The molecule has 2 fully saturated rings. The average Bonchev–Trinajstić information content (AvgIpc) is 2.69. The van der Waals surface area contributed by atoms with Gasteiger partial charge < -0.3 is 5.32 Å². The van der Waals surface area contributed by atoms with Gasteiger partial charge in [0.25, 0.3) is 0 Å². The largest absolute Gasteiger partial charge is 0.379 e. The van der Waals surface area contributed by atoms with Gasteiger partial charge in [-0.3, -0.25) is 0 Å². The highest BCUT2D eigenvalue weighted by atomic mass is 16.3. The van der Waals surface area contributed by atoms with Gasteiger partial charge in [0.15, 0.2) is 0 Å². The van der Waals surface area contributed by atoms with Crippen molar-refractivity contribution in [2.45, 2.75) is 56.5 Å². The van der Waals surface area contributed by atoms with Gasteiger partial charge in [-0.15, -0.1) is 0 Å². The van der Waals surface area contributed by atoms with E-state index in [0.717, 1.165) is 37.8 Å². The molecule has 2 saturated carbocycles. The highest BCUT2D eigenvalue weighted by Gasteiger charge is 2.50. The number of benzene rings is 2. The van der Waals surface area contributed by atoms with Crippen LogP contribution in [0.4, 0.5) is 5.69 Å². The molecular weight excluding hydrogens is 308 g/mol. The van der Waals surface area contributed by atoms with Gasteiger partial charge in [0.2, 0.25) is 0 Å². The molecule has 2 aromatic rings. The molecule has 4 rings (SSSR count). The SMILES string of the molecule is O=N[C@]12CCCC[C@@H]1CCCC2Nc1ccccc1-c1ccccc1. The summed E-state index contributed by atoms with van der Waals surface area (Å²) in [6.45, 7) is 0. The predicted octanol–water partition coefficient (Wildman–Crippen LogP) is 6.01. The quantitative estimate of drug-likeness (QED) is 0.695. The molecule has 0 spiro atoms. The summed E-state index contributed by atoms with van der Waals surface area (Å²) in [5, 5.41) is 7.51. The Hall–Kier alpha value is -2.16. The van der Waals surface area contributed by atoms with Crippen LogP contribution in [-0.2, 0) is 0 Å². The standard InChI is InChI=1S/C22H26N2O/c25-24-22-16-7-6-11-18(22)12-8-15-21(22)23-20-14-5-4-13-19(20)17-9-2-1-3-10-17/h1-5,9-10,13-14,18,21,23H,6-8,11-12,15-16H2/t18-,21?,22-/m1/s1. The van der Waals surface area contributed by atoms with Gasteiger partial charge in [0.1, 0.15) is 5.54 Å². The molecule has 0 amide bonds. The lowest BCUT2D eigenvalue weighted by Gasteiger charge is -2.48. The van der Waals surface area contributed by atoms with Crippen molar-refractivity contribution in [1.82, 2.24) is 0 Å². The van der Waals surface area contributed by atoms with Gasteiger partial charge in [-0.1, -0.05) is 73.0 Å². The highest BCUT2D eigenvalue weighted by molar-refractivity contribution is 5.78. The lowest BCUT2D eigenvalue weighted by atomic mass is 9.63. The zero-order chi connectivity index (χ0) is 17.1. The molecule has 2 aromatic carbocycles. The Morgan fingerprint density at radius 2 is 1.64 bits per heavy atom. The molecule has 1 N–H and O–H groups in total. The summed E-state index contributed by atoms with van der Waals surface area (Å²) in [5.41, 5.74) is 3.10. The first-order valence-electron chi connectivity index (χ1n) is 9.59. The zero-order valence-electron chi connectivity index (χ0n) is 14.7. The first kappa shape index (κ1) is 16.3. The molecular formula is C22H26N2O. The zero-order valence-corrected chi connectivity index (χ0v) is 14.7. The van der Waals surface area contributed by atoms with Gasteiger partial charge in [-0.2, -0.15) is 4.91 Å². The van der Waals surface area contributed by atoms with Crippen LogP contribution in [0.2, 0.25) is 0 Å². The summed E-state index contributed by atoms with van der Waals surface area (Å²) in [5.74, 6) is 0.453. The first-order chi connectivity index (χ1) is 12.3. The fraction of sp³-hybridized carbons (Fsp3) is 0.455. The third-order valence-electron chi connectivity index (χ3n) is 6.25. The number of fused-ring (bicyclic) bond motifs is 1. The number of nitrogens with one attached hydrogen (secondary N) is 1. The third-order valence-corrected chi connectivity index (χ3v) is 6.25. The second-order valence-corrected chi connectivity index (χ2v) is 7.56. The maximum absolute atomic E-state index is 12.0. The smallest absolute Gasteiger partial charge is 0.125 e. The summed E-state index contributed by atoms with van der Waals surface area (Å²) in [7, 11) is 0. The van der Waals surface area contributed by atoms with Crippen molar-refractivity contribution in [2.24, 2.45) is 11.1 Å². The third kappa shape index (κ3) is 2.97. The lowest BCUT2D eigenvalue weighted by Crippen LogP contribution is -2.54. The molecule has 0 aromatic heterocycles. The monoisotopic (exact) mass is 334 g/mol. The van der Waals surface area contributed by atoms with E-state index < -0.39 is 5.54 Å². The van der Waals surface area contributed by atoms with Crippen LogP contribution in [-0.4, -0.2) is 11.6 Å². The highest BCUT2D eigenvalue weighted by Crippen LogP contribution is 2.47. The van der Waals surface area contributed by atoms with Gasteiger partial charge in [-0.05, 0) is 43.2 Å². The molecule has 0 heterocycles. The van der Waals surface area contributed by atoms with Crippen molar-refractivity contribution in [3.8, 4) is 11.1 Å². The Balaban J connectivity index is 1.67. The first-order valence-corrected chi connectivity index (χ1v) is 9.59. The Bertz CT molecular complexity index is 728. The van der Waals surface area contributed by atoms with Crippen molar-refractivity contribution >= 4 is 5.69 Å². The topological polar surface area (TPSA) is 41.5 Å². The number of hydrogen-bond donors (Lipinski definition) is 1. The van der Waals surface area contributed by atoms with E-state index in [1.165, 1.54) is 24.0 Å². The van der Waals surface area contributed by atoms with E-state index in [2.05, 4.69) is 59.0 Å². The van der Waals surface area contributed by atoms with Crippen LogP contribution in [0.5, 0.6) is 0 Å². The summed E-state index contributed by atoms with van der Waals surface area (Å²) in [6, 6.07) is 19.0. The van der Waals surface area contributed by atoms with E-state index in [4.69, 9.17) is 0 Å². The number of anilines is 1. The van der Waals surface area contributed by atoms with Gasteiger partial charge in [0, 0.05) is 11.3 Å². The molecule has 3 nitrogen and oxygen atoms in total. The lowest BCUT2D eigenvalue weighted by molar-refractivity contribution is 0.117. The number of nitrogens with zero attached hydrogens (tertiary/aromatic N) is 1. The van der Waals surface area contributed by atoms with Crippen molar-refractivity contribution in [3.05, 3.63) is 59.5 Å². The minimum absolute atomic E-state index is 0.147. The fourth-order valence-corrected chi connectivity index (χ4v) is 4.97. The van der Waals surface area contributed by atoms with Crippen molar-refractivity contribution < 1.29 is 0 Å². The van der Waals surface area contributed by atoms with E-state index in [1.54, 1.807) is 0 Å². The minimum Gasteiger partial charge on any atom is -0.379 e. The van der Waals surface area contributed by atoms with E-state index in [9.17, 15) is 4.91 Å². The molecule has 2 aliphatic rings. The Kier molecular flexibility index (Phi) is 4.56. The van der Waals surface area contributed by atoms with Crippen molar-refractivity contribution in [3.63, 3.8) is 0 Å². The Morgan fingerprint density at radius 3 is 2.48 bits per heavy atom. The minimum atomic E-state index is -0.416. The molecule has 2 aliphatic carbocycles. The number of rotatable bonds is 4. The molecule has 3 atom stereocenters. The number of nitroso groups, excluding NO2 is 1. The van der Waals surface area contributed by atoms with E-state index in [0.29, 0.717) is 5.92 Å². The Morgan fingerprint density at radius 1 is 0.880 bits per heavy atom. The van der Waals surface area contributed by atoms with Crippen LogP contribution in [0.15, 0.2) is 59.8 Å². The van der Waals surface area contributed by atoms with E-state index in [-0.39, 0.29) is 6.04 Å². The molecule has 1 unspecified atom stereocenters. The average molecular weight is 334 g/mol. The van der Waals surface area contributed by atoms with E-state index in [1.807, 2.05) is 6.07 Å². The van der Waals surface area contributed by atoms with Crippen LogP contribution < -0.4 is 5.32 Å². The van der Waals surface area contributed by atoms with Crippen LogP contribution in [0, 0.1) is 10.8 Å². The van der Waals surface area contributed by atoms with Gasteiger partial charge >= 0.3 is 0 Å². The second-order valence-electron chi connectivity index (χ2n) is 7.56. The van der Waals surface area contributed by atoms with Crippen molar-refractivity contribution in [2.75, 3.05) is 5.32 Å². The molecule has 0 saturated heterocycles. The number of hydrogen-bond acceptors (Lipinski definition) is 3. The molecule has 0 bridgehead atoms. The maximum atomic E-state index is 12.0. The summed E-state index contributed by atoms with van der Waals surface area (Å²) < 4.78 is 0. The van der Waals surface area contributed by atoms with E-state index >= 15 is 0 Å². The summed E-state index contributed by atoms with van der Waals surface area (Å²) in [4.78, 5) is 12.0. The second kappa shape index (κ2) is 6.99. The van der Waals surface area contributed by atoms with Gasteiger partial charge in [-0.25, -0.2) is 0 Å².